The number of aromatic nitrogens is 2. The van der Waals surface area contributed by atoms with Crippen molar-refractivity contribution in [2.45, 2.75) is 19.4 Å². The Balaban J connectivity index is 2.01. The SMILES string of the molecule is COc1cc2c(N(C)C3CCN(C)CC3C)ncnc2cc1F. The molecule has 0 aliphatic carbocycles. The fraction of sp³-hybridized carbons (Fsp3) is 0.529. The Hall–Kier alpha value is -1.95. The summed E-state index contributed by atoms with van der Waals surface area (Å²) >= 11 is 0. The van der Waals surface area contributed by atoms with Gasteiger partial charge in [-0.3, -0.25) is 0 Å². The maximum absolute atomic E-state index is 13.9. The maximum Gasteiger partial charge on any atom is 0.167 e. The van der Waals surface area contributed by atoms with E-state index in [0.717, 1.165) is 30.7 Å². The summed E-state index contributed by atoms with van der Waals surface area (Å²) in [4.78, 5) is 13.2. The summed E-state index contributed by atoms with van der Waals surface area (Å²) < 4.78 is 19.0. The Labute approximate surface area is 136 Å². The highest BCUT2D eigenvalue weighted by Gasteiger charge is 2.29. The Morgan fingerprint density at radius 3 is 2.83 bits per heavy atom. The molecule has 6 heteroatoms. The van der Waals surface area contributed by atoms with Gasteiger partial charge in [0, 0.05) is 31.1 Å². The number of anilines is 1. The van der Waals surface area contributed by atoms with Gasteiger partial charge in [0.15, 0.2) is 11.6 Å². The van der Waals surface area contributed by atoms with E-state index in [-0.39, 0.29) is 5.75 Å². The van der Waals surface area contributed by atoms with Crippen molar-refractivity contribution in [3.8, 4) is 5.75 Å². The second-order valence-corrected chi connectivity index (χ2v) is 6.41. The van der Waals surface area contributed by atoms with Crippen LogP contribution in [0.5, 0.6) is 5.75 Å². The van der Waals surface area contributed by atoms with Gasteiger partial charge in [-0.15, -0.1) is 0 Å². The van der Waals surface area contributed by atoms with Crippen molar-refractivity contribution >= 4 is 16.7 Å². The first-order valence-corrected chi connectivity index (χ1v) is 7.91. The van der Waals surface area contributed by atoms with Crippen LogP contribution in [-0.4, -0.2) is 55.2 Å². The molecule has 1 saturated heterocycles. The highest BCUT2D eigenvalue weighted by molar-refractivity contribution is 5.90. The normalized spacial score (nSPS) is 22.3. The third kappa shape index (κ3) is 2.95. The van der Waals surface area contributed by atoms with Crippen molar-refractivity contribution in [3.63, 3.8) is 0 Å². The van der Waals surface area contributed by atoms with Crippen molar-refractivity contribution in [3.05, 3.63) is 24.3 Å². The van der Waals surface area contributed by atoms with Crippen molar-refractivity contribution < 1.29 is 9.13 Å². The van der Waals surface area contributed by atoms with Crippen LogP contribution < -0.4 is 9.64 Å². The van der Waals surface area contributed by atoms with Crippen molar-refractivity contribution in [1.82, 2.24) is 14.9 Å². The van der Waals surface area contributed by atoms with Crippen LogP contribution >= 0.6 is 0 Å². The van der Waals surface area contributed by atoms with Crippen LogP contribution in [0.1, 0.15) is 13.3 Å². The van der Waals surface area contributed by atoms with Crippen molar-refractivity contribution in [2.75, 3.05) is 39.2 Å². The molecule has 0 N–H and O–H groups in total. The number of ether oxygens (including phenoxy) is 1. The summed E-state index contributed by atoms with van der Waals surface area (Å²) in [6, 6.07) is 3.50. The van der Waals surface area contributed by atoms with Gasteiger partial charge >= 0.3 is 0 Å². The molecule has 124 valence electrons. The van der Waals surface area contributed by atoms with Gasteiger partial charge in [0.25, 0.3) is 0 Å². The number of piperidine rings is 1. The van der Waals surface area contributed by atoms with Crippen molar-refractivity contribution in [1.29, 1.82) is 0 Å². The van der Waals surface area contributed by atoms with Gasteiger partial charge in [0.05, 0.1) is 12.6 Å². The number of rotatable bonds is 3. The number of likely N-dealkylation sites (tertiary alicyclic amines) is 1. The number of nitrogens with zero attached hydrogens (tertiary/aromatic N) is 4. The zero-order valence-electron chi connectivity index (χ0n) is 14.1. The Bertz CT molecular complexity index is 708. The zero-order chi connectivity index (χ0) is 16.6. The predicted octanol–water partition coefficient (Wildman–Crippen LogP) is 2.55. The second-order valence-electron chi connectivity index (χ2n) is 6.41. The zero-order valence-corrected chi connectivity index (χ0v) is 14.1. The van der Waals surface area contributed by atoms with E-state index in [2.05, 4.69) is 40.8 Å². The third-order valence-electron chi connectivity index (χ3n) is 4.78. The molecule has 1 aromatic carbocycles. The molecule has 0 radical (unpaired) electrons. The number of benzene rings is 1. The Morgan fingerprint density at radius 2 is 2.13 bits per heavy atom. The molecule has 2 aromatic rings. The molecule has 1 aromatic heterocycles. The summed E-state index contributed by atoms with van der Waals surface area (Å²) in [5.41, 5.74) is 0.598. The fourth-order valence-electron chi connectivity index (χ4n) is 3.56. The fourth-order valence-corrected chi connectivity index (χ4v) is 3.56. The largest absolute Gasteiger partial charge is 0.494 e. The average Bonchev–Trinajstić information content (AvgIpc) is 2.53. The molecule has 1 fully saturated rings. The molecule has 0 saturated carbocycles. The smallest absolute Gasteiger partial charge is 0.167 e. The van der Waals surface area contributed by atoms with E-state index >= 15 is 0 Å². The Kier molecular flexibility index (Phi) is 4.35. The molecule has 1 aliphatic heterocycles. The first-order chi connectivity index (χ1) is 11.0. The van der Waals surface area contributed by atoms with E-state index in [0.29, 0.717) is 17.5 Å². The standard InChI is InChI=1S/C17H23FN4O/c1-11-9-21(2)6-5-15(11)22(3)17-12-7-16(23-4)13(18)8-14(12)19-10-20-17/h7-8,10-11,15H,5-6,9H2,1-4H3. The van der Waals surface area contributed by atoms with Crippen LogP contribution in [-0.2, 0) is 0 Å². The van der Waals surface area contributed by atoms with Gasteiger partial charge in [0.1, 0.15) is 12.1 Å². The quantitative estimate of drug-likeness (QED) is 0.870. The minimum atomic E-state index is -0.403. The average molecular weight is 318 g/mol. The van der Waals surface area contributed by atoms with Crippen LogP contribution in [0.4, 0.5) is 10.2 Å². The van der Waals surface area contributed by atoms with Crippen molar-refractivity contribution in [2.24, 2.45) is 5.92 Å². The van der Waals surface area contributed by atoms with Gasteiger partial charge in [-0.1, -0.05) is 6.92 Å². The van der Waals surface area contributed by atoms with Gasteiger partial charge in [-0.25, -0.2) is 14.4 Å². The minimum absolute atomic E-state index is 0.221. The summed E-state index contributed by atoms with van der Waals surface area (Å²) in [5.74, 6) is 1.18. The van der Waals surface area contributed by atoms with Crippen LogP contribution in [0, 0.1) is 11.7 Å². The lowest BCUT2D eigenvalue weighted by Gasteiger charge is -2.40. The lowest BCUT2D eigenvalue weighted by molar-refractivity contribution is 0.193. The number of fused-ring (bicyclic) bond motifs is 1. The number of hydrogen-bond donors (Lipinski definition) is 0. The number of methoxy groups -OCH3 is 1. The minimum Gasteiger partial charge on any atom is -0.494 e. The van der Waals surface area contributed by atoms with E-state index in [1.54, 1.807) is 6.07 Å². The molecule has 2 heterocycles. The summed E-state index contributed by atoms with van der Waals surface area (Å²) in [7, 11) is 5.68. The number of halogens is 1. The molecule has 2 atom stereocenters. The highest BCUT2D eigenvalue weighted by Crippen LogP contribution is 2.32. The topological polar surface area (TPSA) is 41.5 Å². The van der Waals surface area contributed by atoms with Gasteiger partial charge in [-0.2, -0.15) is 0 Å². The predicted molar refractivity (Wildman–Crippen MR) is 89.5 cm³/mol. The molecule has 23 heavy (non-hydrogen) atoms. The molecule has 1 aliphatic rings. The van der Waals surface area contributed by atoms with E-state index in [1.807, 2.05) is 0 Å². The lowest BCUT2D eigenvalue weighted by atomic mass is 9.93. The van der Waals surface area contributed by atoms with E-state index in [1.165, 1.54) is 19.5 Å². The summed E-state index contributed by atoms with van der Waals surface area (Å²) in [6.45, 7) is 4.40. The van der Waals surface area contributed by atoms with Gasteiger partial charge in [-0.05, 0) is 32.0 Å². The highest BCUT2D eigenvalue weighted by atomic mass is 19.1. The molecular weight excluding hydrogens is 295 g/mol. The molecule has 0 amide bonds. The maximum atomic E-state index is 13.9. The molecule has 0 bridgehead atoms. The van der Waals surface area contributed by atoms with Crippen LogP contribution in [0.25, 0.3) is 10.9 Å². The number of hydrogen-bond acceptors (Lipinski definition) is 5. The van der Waals surface area contributed by atoms with Gasteiger partial charge in [0.2, 0.25) is 0 Å². The summed E-state index contributed by atoms with van der Waals surface area (Å²) in [6.07, 6.45) is 2.58. The molecule has 3 rings (SSSR count). The summed E-state index contributed by atoms with van der Waals surface area (Å²) in [5, 5.41) is 0.819. The molecule has 5 nitrogen and oxygen atoms in total. The van der Waals surface area contributed by atoms with Gasteiger partial charge < -0.3 is 14.5 Å². The van der Waals surface area contributed by atoms with Crippen LogP contribution in [0.15, 0.2) is 18.5 Å². The molecule has 2 unspecified atom stereocenters. The monoisotopic (exact) mass is 318 g/mol. The molecular formula is C17H23FN4O. The third-order valence-corrected chi connectivity index (χ3v) is 4.78. The first kappa shape index (κ1) is 15.9. The Morgan fingerprint density at radius 1 is 1.35 bits per heavy atom. The lowest BCUT2D eigenvalue weighted by Crippen LogP contribution is -2.48. The van der Waals surface area contributed by atoms with E-state index < -0.39 is 5.82 Å². The van der Waals surface area contributed by atoms with E-state index in [4.69, 9.17) is 4.74 Å². The van der Waals surface area contributed by atoms with E-state index in [9.17, 15) is 4.39 Å². The second kappa shape index (κ2) is 6.28. The van der Waals surface area contributed by atoms with Crippen LogP contribution in [0.2, 0.25) is 0 Å². The molecule has 0 spiro atoms. The first-order valence-electron chi connectivity index (χ1n) is 7.91. The van der Waals surface area contributed by atoms with Crippen LogP contribution in [0.3, 0.4) is 0 Å².